The first-order valence-corrected chi connectivity index (χ1v) is 5.36. The molecule has 0 aliphatic heterocycles. The molecule has 0 fully saturated rings. The van der Waals surface area contributed by atoms with Crippen LogP contribution in [0.1, 0.15) is 10.4 Å². The molecule has 0 aliphatic carbocycles. The Kier molecular flexibility index (Phi) is 5.60. The van der Waals surface area contributed by atoms with Crippen LogP contribution in [0.3, 0.4) is 0 Å². The summed E-state index contributed by atoms with van der Waals surface area (Å²) in [7, 11) is -4.72. The predicted molar refractivity (Wildman–Crippen MR) is 52.2 cm³/mol. The van der Waals surface area contributed by atoms with E-state index >= 15 is 0 Å². The Labute approximate surface area is 115 Å². The molecule has 0 radical (unpaired) electrons. The number of carbonyl (C=O) groups excluding carboxylic acids is 1. The Morgan fingerprint density at radius 3 is 2.38 bits per heavy atom. The molecule has 0 saturated carbocycles. The van der Waals surface area contributed by atoms with Gasteiger partial charge in [0.1, 0.15) is 10.1 Å². The maximum absolute atomic E-state index is 11.2. The number of nitrogen functional groups attached to an aromatic ring is 1. The first kappa shape index (κ1) is 15.6. The van der Waals surface area contributed by atoms with Crippen molar-refractivity contribution in [3.63, 3.8) is 0 Å². The molecule has 1 rings (SSSR count). The average molecular weight is 252 g/mol. The van der Waals surface area contributed by atoms with Crippen LogP contribution in [0, 0.1) is 0 Å². The molecule has 16 heavy (non-hydrogen) atoms. The SMILES string of the molecule is NCC(=O)c1ccc(N)cc1S(=O)(=O)[O-].[Na+]. The number of ketones is 1. The fourth-order valence-electron chi connectivity index (χ4n) is 1.09. The van der Waals surface area contributed by atoms with E-state index in [1.165, 1.54) is 12.1 Å². The van der Waals surface area contributed by atoms with Gasteiger partial charge in [0.2, 0.25) is 0 Å². The van der Waals surface area contributed by atoms with Gasteiger partial charge >= 0.3 is 29.6 Å². The number of benzene rings is 1. The number of carbonyl (C=O) groups is 1. The zero-order valence-corrected chi connectivity index (χ0v) is 11.5. The molecule has 4 N–H and O–H groups in total. The van der Waals surface area contributed by atoms with Crippen LogP contribution in [-0.4, -0.2) is 25.3 Å². The third-order valence-electron chi connectivity index (χ3n) is 1.76. The van der Waals surface area contributed by atoms with Crippen molar-refractivity contribution in [2.75, 3.05) is 12.3 Å². The van der Waals surface area contributed by atoms with Gasteiger partial charge in [-0.1, -0.05) is 0 Å². The van der Waals surface area contributed by atoms with E-state index < -0.39 is 20.8 Å². The Balaban J connectivity index is 0.00000225. The molecule has 6 nitrogen and oxygen atoms in total. The third kappa shape index (κ3) is 3.55. The molecule has 8 heteroatoms. The summed E-state index contributed by atoms with van der Waals surface area (Å²) in [6.45, 7) is -0.369. The second kappa shape index (κ2) is 5.76. The van der Waals surface area contributed by atoms with Gasteiger partial charge < -0.3 is 16.0 Å². The van der Waals surface area contributed by atoms with E-state index in [0.29, 0.717) is 0 Å². The van der Waals surface area contributed by atoms with Crippen molar-refractivity contribution < 1.29 is 47.3 Å². The molecule has 82 valence electrons. The first-order chi connectivity index (χ1) is 6.86. The molecule has 0 amide bonds. The monoisotopic (exact) mass is 252 g/mol. The van der Waals surface area contributed by atoms with Crippen molar-refractivity contribution in [3.05, 3.63) is 23.8 Å². The number of Topliss-reactive ketones (excluding diaryl/α,β-unsaturated/α-hetero) is 1. The van der Waals surface area contributed by atoms with Crippen molar-refractivity contribution in [2.24, 2.45) is 5.73 Å². The van der Waals surface area contributed by atoms with Gasteiger partial charge in [0.25, 0.3) is 0 Å². The second-order valence-electron chi connectivity index (χ2n) is 2.84. The van der Waals surface area contributed by atoms with Gasteiger partial charge in [-0.05, 0) is 18.2 Å². The maximum atomic E-state index is 11.2. The summed E-state index contributed by atoms with van der Waals surface area (Å²) in [6.07, 6.45) is 0. The minimum absolute atomic E-state index is 0. The van der Waals surface area contributed by atoms with E-state index in [-0.39, 0.29) is 47.4 Å². The molecular formula is C8H9N2NaO4S. The smallest absolute Gasteiger partial charge is 0.744 e. The summed E-state index contributed by atoms with van der Waals surface area (Å²) < 4.78 is 32.5. The van der Waals surface area contributed by atoms with Crippen LogP contribution in [0.5, 0.6) is 0 Å². The van der Waals surface area contributed by atoms with Crippen molar-refractivity contribution >= 4 is 21.6 Å². The molecule has 0 saturated heterocycles. The quantitative estimate of drug-likeness (QED) is 0.247. The third-order valence-corrected chi connectivity index (χ3v) is 2.64. The molecule has 0 spiro atoms. The Morgan fingerprint density at radius 1 is 1.38 bits per heavy atom. The van der Waals surface area contributed by atoms with Crippen LogP contribution < -0.4 is 41.0 Å². The molecule has 0 unspecified atom stereocenters. The van der Waals surface area contributed by atoms with Crippen LogP contribution >= 0.6 is 0 Å². The van der Waals surface area contributed by atoms with Crippen LogP contribution in [0.2, 0.25) is 0 Å². The molecule has 0 bridgehead atoms. The van der Waals surface area contributed by atoms with Crippen LogP contribution in [-0.2, 0) is 10.1 Å². The summed E-state index contributed by atoms with van der Waals surface area (Å²) in [6, 6.07) is 3.46. The summed E-state index contributed by atoms with van der Waals surface area (Å²) in [5, 5.41) is 0. The Bertz CT molecular complexity index is 501. The number of nitrogens with two attached hydrogens (primary N) is 2. The van der Waals surface area contributed by atoms with Gasteiger partial charge in [-0.15, -0.1) is 0 Å². The standard InChI is InChI=1S/C8H10N2O4S.Na/c9-4-7(11)6-2-1-5(10)3-8(6)15(12,13)14;/h1-3H,4,9-10H2,(H,12,13,14);/q;+1/p-1. The zero-order valence-electron chi connectivity index (χ0n) is 8.64. The van der Waals surface area contributed by atoms with Crippen LogP contribution in [0.25, 0.3) is 0 Å². The van der Waals surface area contributed by atoms with Crippen molar-refractivity contribution in [2.45, 2.75) is 4.90 Å². The van der Waals surface area contributed by atoms with Gasteiger partial charge in [0, 0.05) is 11.3 Å². The van der Waals surface area contributed by atoms with E-state index in [9.17, 15) is 17.8 Å². The maximum Gasteiger partial charge on any atom is 1.00 e. The molecule has 1 aromatic rings. The Hall–Kier alpha value is -0.440. The fraction of sp³-hybridized carbons (Fsp3) is 0.125. The molecule has 0 heterocycles. The van der Waals surface area contributed by atoms with Gasteiger partial charge in [-0.3, -0.25) is 4.79 Å². The Morgan fingerprint density at radius 2 is 1.94 bits per heavy atom. The van der Waals surface area contributed by atoms with Gasteiger partial charge in [0.15, 0.2) is 5.78 Å². The number of anilines is 1. The molecular weight excluding hydrogens is 243 g/mol. The largest absolute Gasteiger partial charge is 1.00 e. The topological polar surface area (TPSA) is 126 Å². The van der Waals surface area contributed by atoms with Gasteiger partial charge in [-0.25, -0.2) is 8.42 Å². The number of hydrogen-bond acceptors (Lipinski definition) is 6. The summed E-state index contributed by atoms with van der Waals surface area (Å²) in [4.78, 5) is 10.6. The van der Waals surface area contributed by atoms with E-state index in [4.69, 9.17) is 11.5 Å². The van der Waals surface area contributed by atoms with Crippen molar-refractivity contribution in [1.82, 2.24) is 0 Å². The molecule has 0 atom stereocenters. The molecule has 0 aromatic heterocycles. The van der Waals surface area contributed by atoms with Gasteiger partial charge in [-0.2, -0.15) is 0 Å². The molecule has 0 aliphatic rings. The second-order valence-corrected chi connectivity index (χ2v) is 4.19. The number of hydrogen-bond donors (Lipinski definition) is 2. The van der Waals surface area contributed by atoms with E-state index in [1.54, 1.807) is 0 Å². The minimum atomic E-state index is -4.72. The van der Waals surface area contributed by atoms with Crippen molar-refractivity contribution in [3.8, 4) is 0 Å². The summed E-state index contributed by atoms with van der Waals surface area (Å²) in [5.41, 5.74) is 10.3. The van der Waals surface area contributed by atoms with E-state index in [2.05, 4.69) is 0 Å². The molecule has 1 aromatic carbocycles. The van der Waals surface area contributed by atoms with E-state index in [0.717, 1.165) is 6.07 Å². The van der Waals surface area contributed by atoms with Crippen LogP contribution in [0.15, 0.2) is 23.1 Å². The summed E-state index contributed by atoms with van der Waals surface area (Å²) >= 11 is 0. The summed E-state index contributed by atoms with van der Waals surface area (Å²) in [5.74, 6) is -0.621. The minimum Gasteiger partial charge on any atom is -0.744 e. The average Bonchev–Trinajstić information content (AvgIpc) is 2.15. The fourth-order valence-corrected chi connectivity index (χ4v) is 1.82. The zero-order chi connectivity index (χ0) is 11.6. The van der Waals surface area contributed by atoms with Crippen molar-refractivity contribution in [1.29, 1.82) is 0 Å². The predicted octanol–water partition coefficient (Wildman–Crippen LogP) is -3.68. The van der Waals surface area contributed by atoms with Gasteiger partial charge in [0.05, 0.1) is 11.4 Å². The number of rotatable bonds is 3. The normalized spacial score (nSPS) is 10.6. The van der Waals surface area contributed by atoms with Crippen LogP contribution in [0.4, 0.5) is 5.69 Å². The first-order valence-electron chi connectivity index (χ1n) is 3.95. The van der Waals surface area contributed by atoms with E-state index in [1.807, 2.05) is 0 Å².